The molecule has 2 aromatic carbocycles. The third-order valence-corrected chi connectivity index (χ3v) is 5.76. The normalized spacial score (nSPS) is 12.9. The molecular formula is C25H20FN5O3. The highest BCUT2D eigenvalue weighted by atomic mass is 19.1. The second kappa shape index (κ2) is 8.18. The van der Waals surface area contributed by atoms with E-state index < -0.39 is 11.8 Å². The molecule has 0 spiro atoms. The number of fused-ring (bicyclic) bond motifs is 1. The van der Waals surface area contributed by atoms with Gasteiger partial charge in [-0.25, -0.2) is 14.2 Å². The van der Waals surface area contributed by atoms with Crippen LogP contribution in [0.4, 0.5) is 10.2 Å². The topological polar surface area (TPSA) is 101 Å². The lowest BCUT2D eigenvalue weighted by atomic mass is 9.99. The van der Waals surface area contributed by atoms with E-state index in [1.54, 1.807) is 35.5 Å². The highest BCUT2D eigenvalue weighted by Crippen LogP contribution is 2.32. The average molecular weight is 457 g/mol. The first-order chi connectivity index (χ1) is 16.3. The van der Waals surface area contributed by atoms with Gasteiger partial charge in [0, 0.05) is 11.6 Å². The number of hydrogen-bond donors (Lipinski definition) is 1. The molecule has 0 fully saturated rings. The molecule has 3 heterocycles. The summed E-state index contributed by atoms with van der Waals surface area (Å²) in [4.78, 5) is 30.8. The summed E-state index contributed by atoms with van der Waals surface area (Å²) in [6.07, 6.45) is 1.65. The minimum Gasteiger partial charge on any atom is -0.478 e. The van der Waals surface area contributed by atoms with Gasteiger partial charge in [0.2, 0.25) is 0 Å². The fourth-order valence-corrected chi connectivity index (χ4v) is 4.05. The van der Waals surface area contributed by atoms with Crippen molar-refractivity contribution in [2.24, 2.45) is 0 Å². The number of carbonyl (C=O) groups excluding carboxylic acids is 1. The summed E-state index contributed by atoms with van der Waals surface area (Å²) in [6.45, 7) is 4.38. The molecule has 1 N–H and O–H groups in total. The Hall–Kier alpha value is -4.40. The summed E-state index contributed by atoms with van der Waals surface area (Å²) < 4.78 is 15.9. The van der Waals surface area contributed by atoms with Crippen LogP contribution in [0.1, 0.15) is 46.2 Å². The minimum atomic E-state index is -1.22. The molecule has 5 rings (SSSR count). The van der Waals surface area contributed by atoms with Gasteiger partial charge in [0.1, 0.15) is 23.7 Å². The molecule has 0 aliphatic carbocycles. The van der Waals surface area contributed by atoms with Crippen molar-refractivity contribution in [3.8, 4) is 22.6 Å². The number of halogens is 1. The third-order valence-electron chi connectivity index (χ3n) is 5.76. The van der Waals surface area contributed by atoms with Crippen LogP contribution in [0, 0.1) is 5.82 Å². The average Bonchev–Trinajstić information content (AvgIpc) is 3.44. The summed E-state index contributed by atoms with van der Waals surface area (Å²) >= 11 is 0. The van der Waals surface area contributed by atoms with Crippen molar-refractivity contribution >= 4 is 17.7 Å². The molecular weight excluding hydrogens is 437 g/mol. The Morgan fingerprint density at radius 1 is 1.09 bits per heavy atom. The Morgan fingerprint density at radius 2 is 1.91 bits per heavy atom. The molecule has 0 unspecified atom stereocenters. The van der Waals surface area contributed by atoms with E-state index in [4.69, 9.17) is 0 Å². The first kappa shape index (κ1) is 21.4. The Labute approximate surface area is 194 Å². The first-order valence-corrected chi connectivity index (χ1v) is 10.7. The number of hydrogen-bond acceptors (Lipinski definition) is 5. The number of carboxylic acid groups (broad SMARTS) is 1. The lowest BCUT2D eigenvalue weighted by molar-refractivity contribution is 0.0696. The molecule has 1 aliphatic rings. The zero-order chi connectivity index (χ0) is 24.0. The number of nitrogens with zero attached hydrogens (tertiary/aromatic N) is 5. The largest absolute Gasteiger partial charge is 0.478 e. The maximum absolute atomic E-state index is 14.0. The molecule has 0 bridgehead atoms. The number of benzene rings is 2. The van der Waals surface area contributed by atoms with Gasteiger partial charge in [-0.15, -0.1) is 10.2 Å². The zero-order valence-corrected chi connectivity index (χ0v) is 18.4. The van der Waals surface area contributed by atoms with Gasteiger partial charge in [-0.3, -0.25) is 9.69 Å². The van der Waals surface area contributed by atoms with Gasteiger partial charge in [0.25, 0.3) is 5.91 Å². The summed E-state index contributed by atoms with van der Waals surface area (Å²) in [7, 11) is 0. The molecule has 9 heteroatoms. The molecule has 2 aromatic heterocycles. The smallest absolute Gasteiger partial charge is 0.335 e. The van der Waals surface area contributed by atoms with E-state index in [0.717, 1.165) is 11.6 Å². The quantitative estimate of drug-likeness (QED) is 0.471. The van der Waals surface area contributed by atoms with E-state index in [0.29, 0.717) is 40.6 Å². The molecule has 170 valence electrons. The van der Waals surface area contributed by atoms with E-state index in [1.165, 1.54) is 12.1 Å². The Bertz CT molecular complexity index is 1450. The second-order valence-electron chi connectivity index (χ2n) is 8.33. The van der Waals surface area contributed by atoms with Crippen molar-refractivity contribution in [2.75, 3.05) is 4.90 Å². The van der Waals surface area contributed by atoms with Gasteiger partial charge < -0.3 is 9.67 Å². The number of rotatable bonds is 5. The van der Waals surface area contributed by atoms with E-state index in [-0.39, 0.29) is 17.5 Å². The van der Waals surface area contributed by atoms with Crippen LogP contribution in [-0.4, -0.2) is 36.7 Å². The summed E-state index contributed by atoms with van der Waals surface area (Å²) in [6, 6.07) is 14.4. The lowest BCUT2D eigenvalue weighted by Crippen LogP contribution is -2.24. The van der Waals surface area contributed by atoms with Crippen LogP contribution < -0.4 is 4.90 Å². The van der Waals surface area contributed by atoms with E-state index >= 15 is 0 Å². The minimum absolute atomic E-state index is 0.149. The maximum atomic E-state index is 14.0. The second-order valence-corrected chi connectivity index (χ2v) is 8.33. The molecule has 0 atom stereocenters. The van der Waals surface area contributed by atoms with Gasteiger partial charge in [0.05, 0.1) is 12.1 Å². The maximum Gasteiger partial charge on any atom is 0.335 e. The number of pyridine rings is 1. The fourth-order valence-electron chi connectivity index (χ4n) is 4.05. The van der Waals surface area contributed by atoms with Crippen molar-refractivity contribution in [1.29, 1.82) is 0 Å². The number of anilines is 1. The van der Waals surface area contributed by atoms with Crippen LogP contribution in [-0.2, 0) is 6.54 Å². The van der Waals surface area contributed by atoms with E-state index in [1.807, 2.05) is 30.5 Å². The molecule has 4 aromatic rings. The third kappa shape index (κ3) is 3.71. The van der Waals surface area contributed by atoms with Crippen LogP contribution in [0.3, 0.4) is 0 Å². The molecule has 0 radical (unpaired) electrons. The zero-order valence-electron chi connectivity index (χ0n) is 18.4. The van der Waals surface area contributed by atoms with E-state index in [2.05, 4.69) is 15.2 Å². The molecule has 1 aliphatic heterocycles. The van der Waals surface area contributed by atoms with Crippen LogP contribution >= 0.6 is 0 Å². The number of aromatic carboxylic acids is 1. The van der Waals surface area contributed by atoms with Gasteiger partial charge in [0.15, 0.2) is 5.82 Å². The van der Waals surface area contributed by atoms with Crippen LogP contribution in [0.25, 0.3) is 22.6 Å². The molecule has 34 heavy (non-hydrogen) atoms. The van der Waals surface area contributed by atoms with E-state index in [9.17, 15) is 19.1 Å². The molecule has 8 nitrogen and oxygen atoms in total. The Morgan fingerprint density at radius 3 is 2.68 bits per heavy atom. The predicted octanol–water partition coefficient (Wildman–Crippen LogP) is 4.59. The van der Waals surface area contributed by atoms with Gasteiger partial charge in [-0.2, -0.15) is 0 Å². The van der Waals surface area contributed by atoms with Gasteiger partial charge >= 0.3 is 5.97 Å². The van der Waals surface area contributed by atoms with Crippen LogP contribution in [0.15, 0.2) is 60.9 Å². The summed E-state index contributed by atoms with van der Waals surface area (Å²) in [5, 5.41) is 17.4. The van der Waals surface area contributed by atoms with Crippen LogP contribution in [0.5, 0.6) is 0 Å². The number of aromatic nitrogens is 4. The van der Waals surface area contributed by atoms with Crippen molar-refractivity contribution in [3.05, 3.63) is 83.4 Å². The monoisotopic (exact) mass is 457 g/mol. The number of carboxylic acids is 1. The lowest BCUT2D eigenvalue weighted by Gasteiger charge is -2.16. The first-order valence-electron chi connectivity index (χ1n) is 10.7. The number of carbonyl (C=O) groups is 2. The molecule has 0 saturated carbocycles. The fraction of sp³-hybridized carbons (Fsp3) is 0.160. The molecule has 1 amide bonds. The highest BCUT2D eigenvalue weighted by Gasteiger charge is 2.30. The van der Waals surface area contributed by atoms with Crippen molar-refractivity contribution in [3.63, 3.8) is 0 Å². The SMILES string of the molecule is CC(C)n1cnnc1-c1cccc(N2Cc3ccc(-c4cc(F)cc(C(=O)O)c4)cc3C2=O)n1. The van der Waals surface area contributed by atoms with Crippen molar-refractivity contribution in [1.82, 2.24) is 19.7 Å². The van der Waals surface area contributed by atoms with Gasteiger partial charge in [-0.05, 0) is 66.9 Å². The predicted molar refractivity (Wildman–Crippen MR) is 123 cm³/mol. The summed E-state index contributed by atoms with van der Waals surface area (Å²) in [5.41, 5.74) is 2.67. The number of amides is 1. The standard InChI is InChI=1S/C25H20FN5O3/c1-14(2)31-13-27-29-23(31)21-4-3-5-22(28-21)30-12-16-7-6-15(11-20(16)24(30)32)17-8-18(25(33)34)10-19(26)9-17/h3-11,13-14H,12H2,1-2H3,(H,33,34). The van der Waals surface area contributed by atoms with Crippen molar-refractivity contribution < 1.29 is 19.1 Å². The Kier molecular flexibility index (Phi) is 5.16. The summed E-state index contributed by atoms with van der Waals surface area (Å²) in [5.74, 6) is -1.01. The highest BCUT2D eigenvalue weighted by molar-refractivity contribution is 6.10. The van der Waals surface area contributed by atoms with Crippen LogP contribution in [0.2, 0.25) is 0 Å². The van der Waals surface area contributed by atoms with Gasteiger partial charge in [-0.1, -0.05) is 18.2 Å². The van der Waals surface area contributed by atoms with Crippen molar-refractivity contribution in [2.45, 2.75) is 26.4 Å². The molecule has 0 saturated heterocycles. The Balaban J connectivity index is 1.48.